The number of amides is 1. The van der Waals surface area contributed by atoms with Crippen LogP contribution in [-0.2, 0) is 0 Å². The molecule has 0 saturated heterocycles. The fourth-order valence-corrected chi connectivity index (χ4v) is 4.35. The van der Waals surface area contributed by atoms with Gasteiger partial charge in [-0.1, -0.05) is 18.9 Å². The summed E-state index contributed by atoms with van der Waals surface area (Å²) >= 11 is 3.18. The van der Waals surface area contributed by atoms with Crippen molar-refractivity contribution in [3.63, 3.8) is 0 Å². The maximum absolute atomic E-state index is 12.4. The topological polar surface area (TPSA) is 46.4 Å². The first kappa shape index (κ1) is 13.0. The van der Waals surface area contributed by atoms with Gasteiger partial charge in [0.05, 0.1) is 4.88 Å². The molecule has 3 aromatic rings. The van der Waals surface area contributed by atoms with Crippen molar-refractivity contribution < 1.29 is 4.79 Å². The molecule has 4 rings (SSSR count). The van der Waals surface area contributed by atoms with Gasteiger partial charge in [-0.25, -0.2) is 4.98 Å². The molecule has 6 heteroatoms. The number of hydrogen-bond donors (Lipinski definition) is 1. The van der Waals surface area contributed by atoms with Gasteiger partial charge >= 0.3 is 0 Å². The molecule has 0 spiro atoms. The smallest absolute Gasteiger partial charge is 0.269 e. The van der Waals surface area contributed by atoms with E-state index in [4.69, 9.17) is 0 Å². The molecule has 0 aromatic carbocycles. The maximum Gasteiger partial charge on any atom is 0.269 e. The predicted octanol–water partition coefficient (Wildman–Crippen LogP) is 3.80. The van der Waals surface area contributed by atoms with Crippen LogP contribution in [0.25, 0.3) is 15.5 Å². The number of rotatable bonds is 3. The Labute approximate surface area is 130 Å². The summed E-state index contributed by atoms with van der Waals surface area (Å²) in [7, 11) is 0. The molecule has 1 aliphatic rings. The van der Waals surface area contributed by atoms with E-state index in [0.717, 1.165) is 28.4 Å². The van der Waals surface area contributed by atoms with Crippen LogP contribution in [0.4, 0.5) is 0 Å². The second-order valence-electron chi connectivity index (χ2n) is 5.33. The van der Waals surface area contributed by atoms with E-state index < -0.39 is 0 Å². The van der Waals surface area contributed by atoms with Gasteiger partial charge in [0.2, 0.25) is 0 Å². The average Bonchev–Trinajstić information content (AvgIpc) is 3.23. The van der Waals surface area contributed by atoms with E-state index in [1.54, 1.807) is 11.3 Å². The van der Waals surface area contributed by atoms with Gasteiger partial charge in [0.15, 0.2) is 4.96 Å². The van der Waals surface area contributed by atoms with Crippen molar-refractivity contribution in [2.24, 2.45) is 0 Å². The first-order chi connectivity index (χ1) is 10.3. The molecule has 4 nitrogen and oxygen atoms in total. The number of carbonyl (C=O) groups excluding carboxylic acids is 1. The van der Waals surface area contributed by atoms with E-state index in [1.807, 2.05) is 27.4 Å². The lowest BCUT2D eigenvalue weighted by molar-refractivity contribution is 0.0932. The third-order valence-electron chi connectivity index (χ3n) is 3.91. The van der Waals surface area contributed by atoms with Gasteiger partial charge < -0.3 is 5.32 Å². The van der Waals surface area contributed by atoms with E-state index in [-0.39, 0.29) is 5.91 Å². The Balaban J connectivity index is 1.64. The van der Waals surface area contributed by atoms with Crippen LogP contribution >= 0.6 is 22.7 Å². The number of thiophene rings is 1. The molecule has 0 unspecified atom stereocenters. The number of hydrogen-bond acceptors (Lipinski definition) is 4. The van der Waals surface area contributed by atoms with Crippen molar-refractivity contribution in [2.75, 3.05) is 0 Å². The molecule has 0 aliphatic heterocycles. The molecule has 1 aliphatic carbocycles. The minimum Gasteiger partial charge on any atom is -0.348 e. The van der Waals surface area contributed by atoms with Crippen LogP contribution in [0.1, 0.15) is 36.2 Å². The van der Waals surface area contributed by atoms with Gasteiger partial charge in [-0.2, -0.15) is 0 Å². The van der Waals surface area contributed by atoms with Gasteiger partial charge in [-0.3, -0.25) is 9.20 Å². The van der Waals surface area contributed by atoms with Crippen molar-refractivity contribution in [3.8, 4) is 10.6 Å². The van der Waals surface area contributed by atoms with E-state index in [2.05, 4.69) is 16.4 Å². The monoisotopic (exact) mass is 317 g/mol. The molecule has 3 aromatic heterocycles. The molecule has 0 bridgehead atoms. The highest BCUT2D eigenvalue weighted by atomic mass is 32.1. The Hall–Kier alpha value is -1.66. The average molecular weight is 317 g/mol. The van der Waals surface area contributed by atoms with Gasteiger partial charge in [0.25, 0.3) is 5.91 Å². The number of fused-ring (bicyclic) bond motifs is 1. The molecule has 1 fully saturated rings. The lowest BCUT2D eigenvalue weighted by atomic mass is 10.2. The van der Waals surface area contributed by atoms with Crippen molar-refractivity contribution in [1.29, 1.82) is 0 Å². The van der Waals surface area contributed by atoms with E-state index >= 15 is 0 Å². The van der Waals surface area contributed by atoms with Crippen molar-refractivity contribution in [3.05, 3.63) is 34.8 Å². The van der Waals surface area contributed by atoms with E-state index in [1.165, 1.54) is 24.2 Å². The lowest BCUT2D eigenvalue weighted by Gasteiger charge is -2.10. The zero-order chi connectivity index (χ0) is 14.2. The zero-order valence-corrected chi connectivity index (χ0v) is 13.0. The lowest BCUT2D eigenvalue weighted by Crippen LogP contribution is -2.33. The van der Waals surface area contributed by atoms with Crippen LogP contribution in [0.5, 0.6) is 0 Å². The van der Waals surface area contributed by atoms with Gasteiger partial charge in [-0.05, 0) is 24.3 Å². The fourth-order valence-electron chi connectivity index (χ4n) is 2.82. The summed E-state index contributed by atoms with van der Waals surface area (Å²) in [5, 5.41) is 7.07. The molecule has 1 saturated carbocycles. The molecule has 108 valence electrons. The van der Waals surface area contributed by atoms with Crippen LogP contribution in [0.3, 0.4) is 0 Å². The summed E-state index contributed by atoms with van der Waals surface area (Å²) in [5.41, 5.74) is 1.63. The molecule has 0 atom stereocenters. The Morgan fingerprint density at radius 3 is 2.95 bits per heavy atom. The Morgan fingerprint density at radius 2 is 2.19 bits per heavy atom. The van der Waals surface area contributed by atoms with Crippen LogP contribution in [0.15, 0.2) is 29.1 Å². The Bertz CT molecular complexity index is 766. The van der Waals surface area contributed by atoms with Crippen molar-refractivity contribution in [2.45, 2.75) is 31.7 Å². The number of nitrogens with zero attached hydrogens (tertiary/aromatic N) is 2. The van der Waals surface area contributed by atoms with Crippen LogP contribution in [0, 0.1) is 0 Å². The highest BCUT2D eigenvalue weighted by molar-refractivity contribution is 7.15. The van der Waals surface area contributed by atoms with Gasteiger partial charge in [-0.15, -0.1) is 22.7 Å². The minimum absolute atomic E-state index is 0.0169. The maximum atomic E-state index is 12.4. The second-order valence-corrected chi connectivity index (χ2v) is 7.12. The van der Waals surface area contributed by atoms with Crippen LogP contribution in [-0.4, -0.2) is 21.3 Å². The number of aromatic nitrogens is 2. The summed E-state index contributed by atoms with van der Waals surface area (Å²) in [6.45, 7) is 0. The highest BCUT2D eigenvalue weighted by Crippen LogP contribution is 2.27. The second kappa shape index (κ2) is 5.27. The number of carbonyl (C=O) groups is 1. The van der Waals surface area contributed by atoms with Crippen molar-refractivity contribution >= 4 is 33.5 Å². The number of nitrogens with one attached hydrogen (secondary N) is 1. The summed E-state index contributed by atoms with van der Waals surface area (Å²) < 4.78 is 1.91. The number of imidazole rings is 1. The zero-order valence-electron chi connectivity index (χ0n) is 11.4. The molecule has 0 radical (unpaired) electrons. The predicted molar refractivity (Wildman–Crippen MR) is 86.1 cm³/mol. The molecule has 21 heavy (non-hydrogen) atoms. The summed E-state index contributed by atoms with van der Waals surface area (Å²) in [6.07, 6.45) is 6.60. The number of thiazole rings is 1. The summed E-state index contributed by atoms with van der Waals surface area (Å²) in [5.74, 6) is 0.0169. The SMILES string of the molecule is O=C(NC1CCCC1)c1csc2nc(-c3cccs3)cn12. The largest absolute Gasteiger partial charge is 0.348 e. The Morgan fingerprint density at radius 1 is 1.33 bits per heavy atom. The third kappa shape index (κ3) is 2.38. The molecular formula is C15H15N3OS2. The van der Waals surface area contributed by atoms with Crippen LogP contribution < -0.4 is 5.32 Å². The Kier molecular flexibility index (Phi) is 3.27. The molecule has 1 amide bonds. The van der Waals surface area contributed by atoms with Crippen molar-refractivity contribution in [1.82, 2.24) is 14.7 Å². The van der Waals surface area contributed by atoms with E-state index in [9.17, 15) is 4.79 Å². The van der Waals surface area contributed by atoms with E-state index in [0.29, 0.717) is 11.7 Å². The first-order valence-corrected chi connectivity index (χ1v) is 8.88. The molecular weight excluding hydrogens is 302 g/mol. The normalized spacial score (nSPS) is 15.8. The summed E-state index contributed by atoms with van der Waals surface area (Å²) in [6, 6.07) is 4.41. The van der Waals surface area contributed by atoms with Gasteiger partial charge in [0.1, 0.15) is 11.4 Å². The third-order valence-corrected chi connectivity index (χ3v) is 5.64. The standard InChI is InChI=1S/C15H15N3OS2/c19-14(16-10-4-1-2-5-10)12-9-21-15-17-11(8-18(12)15)13-6-3-7-20-13/h3,6-10H,1-2,4-5H2,(H,16,19). The molecule has 3 heterocycles. The highest BCUT2D eigenvalue weighted by Gasteiger charge is 2.21. The molecule has 1 N–H and O–H groups in total. The van der Waals surface area contributed by atoms with Crippen LogP contribution in [0.2, 0.25) is 0 Å². The minimum atomic E-state index is 0.0169. The first-order valence-electron chi connectivity index (χ1n) is 7.12. The fraction of sp³-hybridized carbons (Fsp3) is 0.333. The van der Waals surface area contributed by atoms with Gasteiger partial charge in [0, 0.05) is 17.6 Å². The summed E-state index contributed by atoms with van der Waals surface area (Å²) in [4.78, 5) is 19.0. The quantitative estimate of drug-likeness (QED) is 0.799.